The Morgan fingerprint density at radius 1 is 1.00 bits per heavy atom. The van der Waals surface area contributed by atoms with Gasteiger partial charge in [-0.1, -0.05) is 32.0 Å². The van der Waals surface area contributed by atoms with Crippen molar-refractivity contribution in [3.8, 4) is 0 Å². The molecule has 0 atom stereocenters. The molecule has 4 rings (SSSR count). The lowest BCUT2D eigenvalue weighted by atomic mass is 9.99. The summed E-state index contributed by atoms with van der Waals surface area (Å²) in [6, 6.07) is 16.7. The lowest BCUT2D eigenvalue weighted by Gasteiger charge is -2.32. The first-order chi connectivity index (χ1) is 14.2. The Balaban J connectivity index is 1.42. The van der Waals surface area contributed by atoms with Crippen LogP contribution in [0.15, 0.2) is 54.7 Å². The summed E-state index contributed by atoms with van der Waals surface area (Å²) in [5, 5.41) is 14.8. The van der Waals surface area contributed by atoms with Crippen LogP contribution in [0.5, 0.6) is 0 Å². The first-order valence-electron chi connectivity index (χ1n) is 10.4. The number of hydrogen-bond donors (Lipinski definition) is 2. The molecule has 6 heteroatoms. The van der Waals surface area contributed by atoms with E-state index in [0.717, 1.165) is 36.8 Å². The molecule has 1 aliphatic heterocycles. The summed E-state index contributed by atoms with van der Waals surface area (Å²) < 4.78 is 0. The van der Waals surface area contributed by atoms with Gasteiger partial charge in [0, 0.05) is 30.2 Å². The number of piperidine rings is 1. The predicted molar refractivity (Wildman–Crippen MR) is 119 cm³/mol. The maximum atomic E-state index is 4.55. The molecule has 1 aliphatic rings. The van der Waals surface area contributed by atoms with Gasteiger partial charge in [0.15, 0.2) is 5.82 Å². The van der Waals surface area contributed by atoms with Crippen molar-refractivity contribution in [3.63, 3.8) is 0 Å². The number of nitrogens with one attached hydrogen (secondary N) is 2. The Morgan fingerprint density at radius 2 is 1.76 bits per heavy atom. The van der Waals surface area contributed by atoms with Crippen molar-refractivity contribution in [2.24, 2.45) is 5.92 Å². The zero-order chi connectivity index (χ0) is 20.1. The van der Waals surface area contributed by atoms with E-state index in [-0.39, 0.29) is 0 Å². The normalized spacial score (nSPS) is 14.6. The van der Waals surface area contributed by atoms with Crippen LogP contribution in [-0.4, -0.2) is 28.3 Å². The highest BCUT2D eigenvalue weighted by Gasteiger charge is 2.15. The van der Waals surface area contributed by atoms with Crippen molar-refractivity contribution in [1.29, 1.82) is 0 Å². The van der Waals surface area contributed by atoms with Crippen molar-refractivity contribution in [1.82, 2.24) is 15.2 Å². The quantitative estimate of drug-likeness (QED) is 0.608. The van der Waals surface area contributed by atoms with E-state index in [1.807, 2.05) is 18.2 Å². The highest BCUT2D eigenvalue weighted by Crippen LogP contribution is 2.25. The SMILES string of the molecule is CCc1ccccc1Nc1cnnc(Nc2ccc(N3CCC(C)CC3)cc2)n1. The molecule has 0 aliphatic carbocycles. The topological polar surface area (TPSA) is 66.0 Å². The van der Waals surface area contributed by atoms with Gasteiger partial charge in [-0.15, -0.1) is 5.10 Å². The van der Waals surface area contributed by atoms with Crippen LogP contribution >= 0.6 is 0 Å². The highest BCUT2D eigenvalue weighted by atomic mass is 15.3. The monoisotopic (exact) mass is 388 g/mol. The summed E-state index contributed by atoms with van der Waals surface area (Å²) in [6.07, 6.45) is 5.12. The molecule has 29 heavy (non-hydrogen) atoms. The number of benzene rings is 2. The van der Waals surface area contributed by atoms with Crippen LogP contribution in [0.25, 0.3) is 0 Å². The van der Waals surface area contributed by atoms with Gasteiger partial charge in [-0.3, -0.25) is 0 Å². The first-order valence-corrected chi connectivity index (χ1v) is 10.4. The van der Waals surface area contributed by atoms with Crippen LogP contribution in [-0.2, 0) is 6.42 Å². The van der Waals surface area contributed by atoms with E-state index < -0.39 is 0 Å². The van der Waals surface area contributed by atoms with E-state index in [2.05, 4.69) is 74.9 Å². The molecule has 0 spiro atoms. The minimum Gasteiger partial charge on any atom is -0.372 e. The maximum Gasteiger partial charge on any atom is 0.249 e. The summed E-state index contributed by atoms with van der Waals surface area (Å²) in [5.41, 5.74) is 4.50. The molecule has 0 bridgehead atoms. The molecule has 0 unspecified atom stereocenters. The van der Waals surface area contributed by atoms with Crippen LogP contribution < -0.4 is 15.5 Å². The van der Waals surface area contributed by atoms with Gasteiger partial charge in [-0.25, -0.2) is 0 Å². The molecule has 150 valence electrons. The lowest BCUT2D eigenvalue weighted by molar-refractivity contribution is 0.438. The molecule has 2 heterocycles. The van der Waals surface area contributed by atoms with Gasteiger partial charge >= 0.3 is 0 Å². The molecule has 0 amide bonds. The Morgan fingerprint density at radius 3 is 2.52 bits per heavy atom. The van der Waals surface area contributed by atoms with Crippen LogP contribution in [0.2, 0.25) is 0 Å². The molecule has 1 fully saturated rings. The summed E-state index contributed by atoms with van der Waals surface area (Å²) >= 11 is 0. The largest absolute Gasteiger partial charge is 0.372 e. The van der Waals surface area contributed by atoms with Crippen LogP contribution in [0, 0.1) is 5.92 Å². The third-order valence-electron chi connectivity index (χ3n) is 5.49. The Bertz CT molecular complexity index is 932. The van der Waals surface area contributed by atoms with E-state index in [1.165, 1.54) is 24.1 Å². The molecule has 0 radical (unpaired) electrons. The second kappa shape index (κ2) is 8.90. The summed E-state index contributed by atoms with van der Waals surface area (Å²) in [5.74, 6) is 1.98. The van der Waals surface area contributed by atoms with Gasteiger partial charge in [0.1, 0.15) is 0 Å². The van der Waals surface area contributed by atoms with Crippen LogP contribution in [0.4, 0.5) is 28.8 Å². The fourth-order valence-corrected chi connectivity index (χ4v) is 3.66. The number of aryl methyl sites for hydroxylation is 1. The van der Waals surface area contributed by atoms with Gasteiger partial charge in [0.05, 0.1) is 6.20 Å². The smallest absolute Gasteiger partial charge is 0.249 e. The van der Waals surface area contributed by atoms with Crippen LogP contribution in [0.1, 0.15) is 32.3 Å². The average molecular weight is 389 g/mol. The van der Waals surface area contributed by atoms with E-state index in [4.69, 9.17) is 0 Å². The summed E-state index contributed by atoms with van der Waals surface area (Å²) in [4.78, 5) is 7.01. The molecule has 2 N–H and O–H groups in total. The second-order valence-corrected chi connectivity index (χ2v) is 7.64. The van der Waals surface area contributed by atoms with Crippen molar-refractivity contribution in [3.05, 3.63) is 60.3 Å². The second-order valence-electron chi connectivity index (χ2n) is 7.64. The number of rotatable bonds is 6. The maximum absolute atomic E-state index is 4.55. The molecule has 3 aromatic rings. The number of nitrogens with zero attached hydrogens (tertiary/aromatic N) is 4. The van der Waals surface area contributed by atoms with Gasteiger partial charge in [-0.05, 0) is 61.1 Å². The predicted octanol–water partition coefficient (Wildman–Crippen LogP) is 5.16. The molecule has 6 nitrogen and oxygen atoms in total. The standard InChI is InChI=1S/C23H28N6/c1-3-18-6-4-5-7-21(18)26-22-16-24-28-23(27-22)25-19-8-10-20(11-9-19)29-14-12-17(2)13-15-29/h4-11,16-17H,3,12-15H2,1-2H3,(H2,25,26,27,28). The molecule has 0 saturated carbocycles. The van der Waals surface area contributed by atoms with E-state index >= 15 is 0 Å². The third-order valence-corrected chi connectivity index (χ3v) is 5.49. The number of anilines is 5. The number of aromatic nitrogens is 3. The summed E-state index contributed by atoms with van der Waals surface area (Å²) in [6.45, 7) is 6.74. The zero-order valence-electron chi connectivity index (χ0n) is 17.1. The van der Waals surface area contributed by atoms with Crippen molar-refractivity contribution in [2.75, 3.05) is 28.6 Å². The molecule has 1 aromatic heterocycles. The van der Waals surface area contributed by atoms with Gasteiger partial charge < -0.3 is 15.5 Å². The molecule has 2 aromatic carbocycles. The highest BCUT2D eigenvalue weighted by molar-refractivity contribution is 5.63. The van der Waals surface area contributed by atoms with E-state index in [0.29, 0.717) is 11.8 Å². The van der Waals surface area contributed by atoms with Crippen molar-refractivity contribution >= 4 is 28.8 Å². The number of para-hydroxylation sites is 1. The fraction of sp³-hybridized carbons (Fsp3) is 0.348. The van der Waals surface area contributed by atoms with Gasteiger partial charge in [0.25, 0.3) is 0 Å². The average Bonchev–Trinajstić information content (AvgIpc) is 2.76. The third kappa shape index (κ3) is 4.83. The fourth-order valence-electron chi connectivity index (χ4n) is 3.66. The number of hydrogen-bond acceptors (Lipinski definition) is 6. The minimum absolute atomic E-state index is 0.475. The Hall–Kier alpha value is -3.15. The molecular formula is C23H28N6. The van der Waals surface area contributed by atoms with Crippen LogP contribution in [0.3, 0.4) is 0 Å². The van der Waals surface area contributed by atoms with Crippen molar-refractivity contribution < 1.29 is 0 Å². The zero-order valence-corrected chi connectivity index (χ0v) is 17.1. The first kappa shape index (κ1) is 19.2. The lowest BCUT2D eigenvalue weighted by Crippen LogP contribution is -2.32. The van der Waals surface area contributed by atoms with Gasteiger partial charge in [0.2, 0.25) is 5.95 Å². The Labute approximate surface area is 172 Å². The summed E-state index contributed by atoms with van der Waals surface area (Å²) in [7, 11) is 0. The molecular weight excluding hydrogens is 360 g/mol. The van der Waals surface area contributed by atoms with Gasteiger partial charge in [-0.2, -0.15) is 10.1 Å². The minimum atomic E-state index is 0.475. The van der Waals surface area contributed by atoms with Crippen molar-refractivity contribution in [2.45, 2.75) is 33.1 Å². The van der Waals surface area contributed by atoms with E-state index in [1.54, 1.807) is 6.20 Å². The molecule has 1 saturated heterocycles. The Kier molecular flexibility index (Phi) is 5.89. The van der Waals surface area contributed by atoms with E-state index in [9.17, 15) is 0 Å².